The van der Waals surface area contributed by atoms with Crippen molar-refractivity contribution in [3.63, 3.8) is 0 Å². The molecule has 1 N–H and O–H groups in total. The fraction of sp³-hybridized carbons (Fsp3) is 0.158. The average Bonchev–Trinajstić information content (AvgIpc) is 2.60. The van der Waals surface area contributed by atoms with Crippen molar-refractivity contribution >= 4 is 34.2 Å². The van der Waals surface area contributed by atoms with Gasteiger partial charge in [-0.15, -0.1) is 0 Å². The number of hydrogen-bond donors (Lipinski definition) is 1. The molecule has 0 atom stereocenters. The predicted molar refractivity (Wildman–Crippen MR) is 95.6 cm³/mol. The van der Waals surface area contributed by atoms with Crippen LogP contribution >= 0.6 is 11.8 Å². The second kappa shape index (κ2) is 5.70. The highest BCUT2D eigenvalue weighted by Crippen LogP contribution is 2.36. The Morgan fingerprint density at radius 2 is 1.83 bits per heavy atom. The Morgan fingerprint density at radius 1 is 1.00 bits per heavy atom. The molecule has 1 aliphatic rings. The summed E-state index contributed by atoms with van der Waals surface area (Å²) in [5, 5.41) is 13.2. The van der Waals surface area contributed by atoms with Crippen molar-refractivity contribution in [1.82, 2.24) is 9.97 Å². The molecule has 4 rings (SSSR count). The molecule has 0 amide bonds. The Hall–Kier alpha value is -2.33. The van der Waals surface area contributed by atoms with Crippen molar-refractivity contribution in [1.29, 1.82) is 0 Å². The van der Waals surface area contributed by atoms with E-state index in [2.05, 4.69) is 58.5 Å². The predicted octanol–water partition coefficient (Wildman–Crippen LogP) is 4.54. The summed E-state index contributed by atoms with van der Waals surface area (Å²) in [6.45, 7) is 0. The normalized spacial score (nSPS) is 13.7. The van der Waals surface area contributed by atoms with Gasteiger partial charge in [0, 0.05) is 5.56 Å². The second-order valence-electron chi connectivity index (χ2n) is 5.59. The van der Waals surface area contributed by atoms with Gasteiger partial charge in [0.2, 0.25) is 5.88 Å². The minimum Gasteiger partial charge on any atom is -0.493 e. The molecule has 0 aliphatic heterocycles. The van der Waals surface area contributed by atoms with Crippen LogP contribution in [0, 0.1) is 0 Å². The van der Waals surface area contributed by atoms with Crippen LogP contribution in [0.3, 0.4) is 0 Å². The molecule has 0 unspecified atom stereocenters. The van der Waals surface area contributed by atoms with Gasteiger partial charge in [0.15, 0.2) is 5.16 Å². The molecule has 4 heteroatoms. The summed E-state index contributed by atoms with van der Waals surface area (Å²) in [5.41, 5.74) is 4.21. The summed E-state index contributed by atoms with van der Waals surface area (Å²) >= 11 is 1.44. The first kappa shape index (κ1) is 14.3. The zero-order chi connectivity index (χ0) is 15.8. The molecule has 1 heterocycles. The molecule has 1 aliphatic carbocycles. The monoisotopic (exact) mass is 320 g/mol. The van der Waals surface area contributed by atoms with Gasteiger partial charge in [0.1, 0.15) is 0 Å². The molecule has 0 radical (unpaired) electrons. The number of aromatic hydroxyl groups is 1. The number of rotatable bonds is 2. The first-order valence-electron chi connectivity index (χ1n) is 7.59. The van der Waals surface area contributed by atoms with E-state index in [0.717, 1.165) is 24.1 Å². The van der Waals surface area contributed by atoms with Gasteiger partial charge < -0.3 is 5.11 Å². The molecule has 0 spiro atoms. The van der Waals surface area contributed by atoms with E-state index in [0.29, 0.717) is 5.16 Å². The summed E-state index contributed by atoms with van der Waals surface area (Å²) in [6.07, 6.45) is 5.67. The quantitative estimate of drug-likeness (QED) is 0.556. The minimum atomic E-state index is 0.118. The topological polar surface area (TPSA) is 46.0 Å². The third kappa shape index (κ3) is 2.49. The first-order valence-corrected chi connectivity index (χ1v) is 8.81. The number of benzene rings is 2. The highest BCUT2D eigenvalue weighted by atomic mass is 32.2. The minimum absolute atomic E-state index is 0.118. The van der Waals surface area contributed by atoms with Crippen LogP contribution in [-0.2, 0) is 6.42 Å². The Kier molecular flexibility index (Phi) is 3.54. The number of thioether (sulfide) groups is 1. The lowest BCUT2D eigenvalue weighted by molar-refractivity contribution is 0.437. The van der Waals surface area contributed by atoms with Crippen molar-refractivity contribution in [3.05, 3.63) is 59.3 Å². The molecule has 0 saturated heterocycles. The van der Waals surface area contributed by atoms with Crippen LogP contribution < -0.4 is 0 Å². The number of allylic oxidation sites excluding steroid dienone is 1. The van der Waals surface area contributed by atoms with E-state index in [4.69, 9.17) is 0 Å². The summed E-state index contributed by atoms with van der Waals surface area (Å²) in [5.74, 6) is 0.118. The molecule has 3 nitrogen and oxygen atoms in total. The Bertz CT molecular complexity index is 929. The smallest absolute Gasteiger partial charge is 0.218 e. The van der Waals surface area contributed by atoms with Gasteiger partial charge in [-0.25, -0.2) is 4.98 Å². The lowest BCUT2D eigenvalue weighted by Gasteiger charge is -2.18. The van der Waals surface area contributed by atoms with Crippen LogP contribution in [0.2, 0.25) is 0 Å². The fourth-order valence-corrected chi connectivity index (χ4v) is 3.50. The van der Waals surface area contributed by atoms with Gasteiger partial charge in [-0.05, 0) is 47.1 Å². The zero-order valence-corrected chi connectivity index (χ0v) is 13.6. The molecule has 3 aromatic rings. The number of aromatic nitrogens is 2. The van der Waals surface area contributed by atoms with Crippen LogP contribution in [-0.4, -0.2) is 21.3 Å². The average molecular weight is 320 g/mol. The van der Waals surface area contributed by atoms with Crippen molar-refractivity contribution < 1.29 is 5.11 Å². The molecule has 0 bridgehead atoms. The maximum Gasteiger partial charge on any atom is 0.218 e. The van der Waals surface area contributed by atoms with Crippen LogP contribution in [0.4, 0.5) is 0 Å². The van der Waals surface area contributed by atoms with E-state index < -0.39 is 0 Å². The molecule has 1 aromatic heterocycles. The second-order valence-corrected chi connectivity index (χ2v) is 6.37. The van der Waals surface area contributed by atoms with Gasteiger partial charge in [-0.2, -0.15) is 4.98 Å². The highest BCUT2D eigenvalue weighted by molar-refractivity contribution is 7.98. The van der Waals surface area contributed by atoms with Gasteiger partial charge in [-0.1, -0.05) is 54.2 Å². The summed E-state index contributed by atoms with van der Waals surface area (Å²) in [4.78, 5) is 8.69. The van der Waals surface area contributed by atoms with E-state index in [1.165, 1.54) is 33.7 Å². The molecular formula is C19H16N2OS. The Balaban J connectivity index is 1.89. The van der Waals surface area contributed by atoms with E-state index in [1.807, 2.05) is 6.26 Å². The maximum absolute atomic E-state index is 10.1. The number of fused-ring (bicyclic) bond motifs is 2. The van der Waals surface area contributed by atoms with Gasteiger partial charge in [-0.3, -0.25) is 0 Å². The van der Waals surface area contributed by atoms with E-state index in [1.54, 1.807) is 0 Å². The largest absolute Gasteiger partial charge is 0.493 e. The van der Waals surface area contributed by atoms with Crippen molar-refractivity contribution in [2.24, 2.45) is 0 Å². The van der Waals surface area contributed by atoms with E-state index >= 15 is 0 Å². The molecular weight excluding hydrogens is 304 g/mol. The van der Waals surface area contributed by atoms with Gasteiger partial charge >= 0.3 is 0 Å². The third-order valence-electron chi connectivity index (χ3n) is 4.27. The third-order valence-corrected chi connectivity index (χ3v) is 4.82. The van der Waals surface area contributed by atoms with Crippen LogP contribution in [0.15, 0.2) is 47.6 Å². The maximum atomic E-state index is 10.1. The Labute approximate surface area is 139 Å². The molecule has 0 saturated carbocycles. The summed E-state index contributed by atoms with van der Waals surface area (Å²) in [7, 11) is 0. The van der Waals surface area contributed by atoms with Gasteiger partial charge in [0.25, 0.3) is 0 Å². The molecule has 23 heavy (non-hydrogen) atoms. The number of hydrogen-bond acceptors (Lipinski definition) is 4. The molecule has 0 fully saturated rings. The lowest BCUT2D eigenvalue weighted by atomic mass is 9.89. The fourth-order valence-electron chi connectivity index (χ4n) is 3.13. The van der Waals surface area contributed by atoms with Crippen molar-refractivity contribution in [3.8, 4) is 5.88 Å². The van der Waals surface area contributed by atoms with Crippen LogP contribution in [0.1, 0.15) is 23.2 Å². The highest BCUT2D eigenvalue weighted by Gasteiger charge is 2.19. The standard InChI is InChI=1S/C19H16N2OS/c1-23-19-20-17-11-13(9-10-16(17)18(22)21-19)15-8-4-6-12-5-2-3-7-14(12)15/h2-8,11H,9-10H2,1H3,(H,20,21,22). The Morgan fingerprint density at radius 3 is 2.70 bits per heavy atom. The summed E-state index contributed by atoms with van der Waals surface area (Å²) in [6, 6.07) is 14.8. The van der Waals surface area contributed by atoms with Crippen molar-refractivity contribution in [2.45, 2.75) is 18.0 Å². The van der Waals surface area contributed by atoms with E-state index in [9.17, 15) is 5.11 Å². The van der Waals surface area contributed by atoms with E-state index in [-0.39, 0.29) is 5.88 Å². The van der Waals surface area contributed by atoms with Crippen LogP contribution in [0.5, 0.6) is 5.88 Å². The zero-order valence-electron chi connectivity index (χ0n) is 12.8. The van der Waals surface area contributed by atoms with Crippen LogP contribution in [0.25, 0.3) is 22.4 Å². The number of nitrogens with zero attached hydrogens (tertiary/aromatic N) is 2. The lowest BCUT2D eigenvalue weighted by Crippen LogP contribution is -2.04. The van der Waals surface area contributed by atoms with Gasteiger partial charge in [0.05, 0.1) is 5.69 Å². The molecule has 114 valence electrons. The van der Waals surface area contributed by atoms with Crippen molar-refractivity contribution in [2.75, 3.05) is 6.26 Å². The summed E-state index contributed by atoms with van der Waals surface area (Å²) < 4.78 is 0. The first-order chi connectivity index (χ1) is 11.3. The molecule has 2 aromatic carbocycles. The SMILES string of the molecule is CSc1nc(O)c2c(n1)C=C(c1cccc3ccccc13)CC2.